The summed E-state index contributed by atoms with van der Waals surface area (Å²) in [5.74, 6) is -6.88. The van der Waals surface area contributed by atoms with Gasteiger partial charge >= 0.3 is 17.9 Å². The fraction of sp³-hybridized carbons (Fsp3) is 0.0909. The molecule has 0 unspecified atom stereocenters. The number of halogens is 2. The van der Waals surface area contributed by atoms with E-state index in [1.165, 1.54) is 72.8 Å². The lowest BCUT2D eigenvalue weighted by molar-refractivity contribution is -0.159. The Hall–Kier alpha value is -5.72. The van der Waals surface area contributed by atoms with Gasteiger partial charge in [-0.15, -0.1) is 0 Å². The van der Waals surface area contributed by atoms with Crippen LogP contribution in [-0.4, -0.2) is 52.9 Å². The lowest BCUT2D eigenvalue weighted by Gasteiger charge is -2.24. The molecule has 0 radical (unpaired) electrons. The molecule has 240 valence electrons. The van der Waals surface area contributed by atoms with Gasteiger partial charge in [0.15, 0.2) is 0 Å². The predicted molar refractivity (Wildman–Crippen MR) is 170 cm³/mol. The largest absolute Gasteiger partial charge is 0.478 e. The van der Waals surface area contributed by atoms with Crippen molar-refractivity contribution in [3.8, 4) is 0 Å². The van der Waals surface area contributed by atoms with Crippen LogP contribution < -0.4 is 16.2 Å². The van der Waals surface area contributed by atoms with Gasteiger partial charge in [-0.25, -0.2) is 14.4 Å². The van der Waals surface area contributed by atoms with E-state index in [4.69, 9.17) is 32.7 Å². The van der Waals surface area contributed by atoms with E-state index in [2.05, 4.69) is 10.7 Å². The summed E-state index contributed by atoms with van der Waals surface area (Å²) in [6.45, 7) is 1.89. The highest BCUT2D eigenvalue weighted by atomic mass is 35.5. The van der Waals surface area contributed by atoms with Crippen LogP contribution in [-0.2, 0) is 19.1 Å². The fourth-order valence-electron chi connectivity index (χ4n) is 3.98. The fourth-order valence-corrected chi connectivity index (χ4v) is 4.41. The third-order valence-corrected chi connectivity index (χ3v) is 7.11. The van der Waals surface area contributed by atoms with E-state index < -0.39 is 41.9 Å². The molecule has 0 heterocycles. The number of hydrogen-bond donors (Lipinski definition) is 4. The number of carbonyl (C=O) groups is 6. The van der Waals surface area contributed by atoms with Crippen molar-refractivity contribution in [1.29, 1.82) is 0 Å². The minimum Gasteiger partial charge on any atom is -0.478 e. The van der Waals surface area contributed by atoms with Gasteiger partial charge in [0.2, 0.25) is 12.2 Å². The zero-order valence-electron chi connectivity index (χ0n) is 24.4. The zero-order chi connectivity index (χ0) is 34.1. The van der Waals surface area contributed by atoms with Crippen LogP contribution in [0, 0.1) is 6.92 Å². The SMILES string of the molecule is Cc1ccc(C(=O)Nc2ccc(C(=O)NNC(=O)[C@@H](OC(=O)c3ccccc3Cl)[C@@H](OC(=O)c3ccccc3Cl)C(=O)O)cc2)cc1. The highest BCUT2D eigenvalue weighted by Crippen LogP contribution is 2.21. The van der Waals surface area contributed by atoms with Gasteiger partial charge in [0, 0.05) is 16.8 Å². The van der Waals surface area contributed by atoms with E-state index in [1.54, 1.807) is 24.3 Å². The van der Waals surface area contributed by atoms with E-state index in [1.807, 2.05) is 12.3 Å². The highest BCUT2D eigenvalue weighted by Gasteiger charge is 2.41. The van der Waals surface area contributed by atoms with Gasteiger partial charge in [-0.3, -0.25) is 25.2 Å². The Morgan fingerprint density at radius 1 is 0.617 bits per heavy atom. The van der Waals surface area contributed by atoms with Gasteiger partial charge in [0.1, 0.15) is 0 Å². The smallest absolute Gasteiger partial charge is 0.349 e. The molecule has 0 saturated heterocycles. The van der Waals surface area contributed by atoms with Gasteiger partial charge in [0.05, 0.1) is 21.2 Å². The molecule has 3 amide bonds. The number of hydrogen-bond acceptors (Lipinski definition) is 8. The number of hydrazine groups is 1. The van der Waals surface area contributed by atoms with E-state index in [-0.39, 0.29) is 32.6 Å². The van der Waals surface area contributed by atoms with E-state index in [9.17, 15) is 33.9 Å². The maximum absolute atomic E-state index is 13.2. The molecule has 2 atom stereocenters. The molecular weight excluding hydrogens is 653 g/mol. The molecule has 4 rings (SSSR count). The average molecular weight is 678 g/mol. The van der Waals surface area contributed by atoms with E-state index in [0.717, 1.165) is 5.56 Å². The van der Waals surface area contributed by atoms with Gasteiger partial charge in [-0.1, -0.05) is 65.2 Å². The second-order valence-corrected chi connectivity index (χ2v) is 10.6. The van der Waals surface area contributed by atoms with Gasteiger partial charge in [-0.2, -0.15) is 0 Å². The van der Waals surface area contributed by atoms with Crippen molar-refractivity contribution in [2.75, 3.05) is 5.32 Å². The third-order valence-electron chi connectivity index (χ3n) is 6.45. The Kier molecular flexibility index (Phi) is 11.3. The molecule has 0 spiro atoms. The molecule has 4 aromatic carbocycles. The maximum Gasteiger partial charge on any atom is 0.349 e. The number of carboxylic acids is 1. The quantitative estimate of drug-likeness (QED) is 0.135. The Balaban J connectivity index is 1.48. The Bertz CT molecular complexity index is 1830. The van der Waals surface area contributed by atoms with Crippen LogP contribution >= 0.6 is 23.2 Å². The summed E-state index contributed by atoms with van der Waals surface area (Å²) in [6.07, 6.45) is -4.71. The van der Waals surface area contributed by atoms with Gasteiger partial charge < -0.3 is 19.9 Å². The molecule has 0 aromatic heterocycles. The van der Waals surface area contributed by atoms with Gasteiger partial charge in [-0.05, 0) is 67.6 Å². The molecule has 0 saturated carbocycles. The maximum atomic E-state index is 13.2. The zero-order valence-corrected chi connectivity index (χ0v) is 25.9. The normalized spacial score (nSPS) is 11.7. The number of nitrogens with one attached hydrogen (secondary N) is 3. The van der Waals surface area contributed by atoms with Crippen molar-refractivity contribution in [3.05, 3.63) is 135 Å². The van der Waals surface area contributed by atoms with Crippen molar-refractivity contribution >= 4 is 64.5 Å². The number of carbonyl (C=O) groups excluding carboxylic acids is 5. The molecule has 12 nitrogen and oxygen atoms in total. The van der Waals surface area contributed by atoms with Crippen LogP contribution in [0.5, 0.6) is 0 Å². The second kappa shape index (κ2) is 15.5. The molecule has 47 heavy (non-hydrogen) atoms. The van der Waals surface area contributed by atoms with Crippen molar-refractivity contribution < 1.29 is 43.3 Å². The third kappa shape index (κ3) is 8.93. The summed E-state index contributed by atoms with van der Waals surface area (Å²) < 4.78 is 10.2. The van der Waals surface area contributed by atoms with Crippen LogP contribution in [0.1, 0.15) is 47.0 Å². The van der Waals surface area contributed by atoms with Crippen LogP contribution in [0.4, 0.5) is 5.69 Å². The molecule has 0 aliphatic carbocycles. The average Bonchev–Trinajstić information content (AvgIpc) is 3.05. The minimum absolute atomic E-state index is 0.0307. The standard InChI is InChI=1S/C33H25Cl2N3O9/c1-18-10-12-19(13-11-18)28(39)36-21-16-14-20(15-17-21)29(40)37-38-30(41)26(46-32(44)22-6-2-4-8-24(22)34)27(31(42)43)47-33(45)23-7-3-5-9-25(23)35/h2-17,26-27H,1H3,(H,36,39)(H,37,40)(H,38,41)(H,42,43)/t26-,27+/m0/s1. The van der Waals surface area contributed by atoms with E-state index >= 15 is 0 Å². The van der Waals surface area contributed by atoms with Crippen LogP contribution in [0.2, 0.25) is 10.0 Å². The number of ether oxygens (including phenoxy) is 2. The minimum atomic E-state index is -2.39. The number of aliphatic carboxylic acids is 1. The first-order chi connectivity index (χ1) is 22.4. The molecule has 0 aliphatic rings. The Labute approximate surface area is 277 Å². The first kappa shape index (κ1) is 34.2. The molecule has 4 aromatic rings. The summed E-state index contributed by atoms with van der Waals surface area (Å²) in [6, 6.07) is 23.7. The Morgan fingerprint density at radius 2 is 1.09 bits per heavy atom. The number of benzene rings is 4. The lowest BCUT2D eigenvalue weighted by Crippen LogP contribution is -2.54. The molecule has 0 bridgehead atoms. The number of aryl methyl sites for hydroxylation is 1. The number of anilines is 1. The topological polar surface area (TPSA) is 177 Å². The van der Waals surface area contributed by atoms with Crippen LogP contribution in [0.3, 0.4) is 0 Å². The van der Waals surface area contributed by atoms with Crippen molar-refractivity contribution in [2.45, 2.75) is 19.1 Å². The summed E-state index contributed by atoms with van der Waals surface area (Å²) >= 11 is 12.1. The molecule has 4 N–H and O–H groups in total. The van der Waals surface area contributed by atoms with Gasteiger partial charge in [0.25, 0.3) is 17.7 Å². The predicted octanol–water partition coefficient (Wildman–Crippen LogP) is 4.85. The second-order valence-electron chi connectivity index (χ2n) is 9.79. The first-order valence-corrected chi connectivity index (χ1v) is 14.4. The molecule has 0 aliphatic heterocycles. The molecule has 14 heteroatoms. The molecular formula is C33H25Cl2N3O9. The van der Waals surface area contributed by atoms with Crippen molar-refractivity contribution in [2.24, 2.45) is 0 Å². The van der Waals surface area contributed by atoms with E-state index in [0.29, 0.717) is 11.3 Å². The van der Waals surface area contributed by atoms with Crippen LogP contribution in [0.15, 0.2) is 97.1 Å². The molecule has 0 fully saturated rings. The lowest BCUT2D eigenvalue weighted by atomic mass is 10.1. The summed E-state index contributed by atoms with van der Waals surface area (Å²) in [5.41, 5.74) is 5.47. The van der Waals surface area contributed by atoms with Crippen LogP contribution in [0.25, 0.3) is 0 Å². The summed E-state index contributed by atoms with van der Waals surface area (Å²) in [7, 11) is 0. The number of amides is 3. The summed E-state index contributed by atoms with van der Waals surface area (Å²) in [5, 5.41) is 12.5. The number of rotatable bonds is 10. The summed E-state index contributed by atoms with van der Waals surface area (Å²) in [4.78, 5) is 76.5. The number of esters is 2. The van der Waals surface area contributed by atoms with Crippen molar-refractivity contribution in [3.63, 3.8) is 0 Å². The monoisotopic (exact) mass is 677 g/mol. The highest BCUT2D eigenvalue weighted by molar-refractivity contribution is 6.34. The van der Waals surface area contributed by atoms with Crippen molar-refractivity contribution in [1.82, 2.24) is 10.9 Å². The number of carboxylic acid groups (broad SMARTS) is 1. The first-order valence-electron chi connectivity index (χ1n) is 13.7. The Morgan fingerprint density at radius 3 is 1.60 bits per heavy atom.